The summed E-state index contributed by atoms with van der Waals surface area (Å²) in [7, 11) is -1.79. The largest absolute Gasteiger partial charge is 0.473 e. The third-order valence-electron chi connectivity index (χ3n) is 1.86. The molecule has 0 aromatic rings. The predicted octanol–water partition coefficient (Wildman–Crippen LogP) is 0.805. The second-order valence-electron chi connectivity index (χ2n) is 4.10. The summed E-state index contributed by atoms with van der Waals surface area (Å²) in [6.45, 7) is 1.21. The van der Waals surface area contributed by atoms with Gasteiger partial charge in [-0.25, -0.2) is 5.06 Å². The monoisotopic (exact) mass is 290 g/mol. The molecule has 0 aromatic carbocycles. The van der Waals surface area contributed by atoms with Crippen LogP contribution in [-0.2, 0) is 14.2 Å². The van der Waals surface area contributed by atoms with Crippen LogP contribution in [0.2, 0.25) is 0 Å². The van der Waals surface area contributed by atoms with Crippen molar-refractivity contribution in [2.45, 2.75) is 6.18 Å². The van der Waals surface area contributed by atoms with Crippen molar-refractivity contribution in [3.63, 3.8) is 0 Å². The molecular formula is C8H14F3N2O4P. The van der Waals surface area contributed by atoms with E-state index in [1.807, 2.05) is 0 Å². The number of amides is 1. The highest BCUT2D eigenvalue weighted by Gasteiger charge is 2.42. The maximum Gasteiger partial charge on any atom is 0.473 e. The summed E-state index contributed by atoms with van der Waals surface area (Å²) in [5, 5.41) is 8.33. The van der Waals surface area contributed by atoms with Gasteiger partial charge in [-0.15, -0.1) is 0 Å². The normalized spacial score (nSPS) is 12.7. The van der Waals surface area contributed by atoms with E-state index >= 15 is 0 Å². The molecule has 6 nitrogen and oxygen atoms in total. The zero-order chi connectivity index (χ0) is 14.7. The van der Waals surface area contributed by atoms with Gasteiger partial charge in [-0.1, -0.05) is 0 Å². The highest BCUT2D eigenvalue weighted by molar-refractivity contribution is 7.79. The number of hydrogen-bond acceptors (Lipinski definition) is 5. The van der Waals surface area contributed by atoms with E-state index in [0.29, 0.717) is 0 Å². The second kappa shape index (κ2) is 5.81. The van der Waals surface area contributed by atoms with Crippen LogP contribution in [0.3, 0.4) is 0 Å². The van der Waals surface area contributed by atoms with Crippen LogP contribution in [0.1, 0.15) is 0 Å². The number of carbonyl (C=O) groups excluding carboxylic acids is 2. The van der Waals surface area contributed by atoms with Gasteiger partial charge < -0.3 is 4.57 Å². The van der Waals surface area contributed by atoms with Crippen LogP contribution in [0, 0.1) is 0 Å². The fourth-order valence-electron chi connectivity index (χ4n) is 0.890. The van der Waals surface area contributed by atoms with Gasteiger partial charge in [0, 0.05) is 0 Å². The summed E-state index contributed by atoms with van der Waals surface area (Å²) in [6, 6.07) is 0. The number of rotatable bonds is 5. The number of likely N-dealkylation sites (N-methyl/N-ethyl adjacent to an activating group) is 1. The molecule has 0 spiro atoms. The molecule has 0 saturated heterocycles. The molecule has 0 fully saturated rings. The van der Waals surface area contributed by atoms with Gasteiger partial charge in [0.2, 0.25) is 5.52 Å². The van der Waals surface area contributed by atoms with Gasteiger partial charge in [-0.3, -0.25) is 19.7 Å². The lowest BCUT2D eigenvalue weighted by atomic mass is 10.5. The Morgan fingerprint density at radius 3 is 2.06 bits per heavy atom. The summed E-state index contributed by atoms with van der Waals surface area (Å²) in [5.74, 6) is -2.43. The van der Waals surface area contributed by atoms with E-state index in [4.69, 9.17) is 5.21 Å². The fraction of sp³-hybridized carbons (Fsp3) is 0.750. The Morgan fingerprint density at radius 2 is 1.72 bits per heavy atom. The molecule has 10 heteroatoms. The number of nitrogens with zero attached hydrogens (tertiary/aromatic N) is 2. The average molecular weight is 290 g/mol. The standard InChI is InChI=1S/C8H14F3N2O4P/c1-12(4-6(14)18(2,3)17)5-13(16)7(15)8(9,10)11/h16H,4-5H2,1-3H3. The van der Waals surface area contributed by atoms with Gasteiger partial charge in [0.15, 0.2) is 0 Å². The van der Waals surface area contributed by atoms with Crippen LogP contribution in [0.25, 0.3) is 0 Å². The van der Waals surface area contributed by atoms with Gasteiger partial charge >= 0.3 is 12.1 Å². The summed E-state index contributed by atoms with van der Waals surface area (Å²) < 4.78 is 47.1. The lowest BCUT2D eigenvalue weighted by Gasteiger charge is -2.23. The molecule has 18 heavy (non-hydrogen) atoms. The minimum absolute atomic E-state index is 0.424. The van der Waals surface area contributed by atoms with Crippen LogP contribution in [0.5, 0.6) is 0 Å². The summed E-state index contributed by atoms with van der Waals surface area (Å²) >= 11 is 0. The molecule has 106 valence electrons. The zero-order valence-corrected chi connectivity index (χ0v) is 11.0. The molecule has 0 unspecified atom stereocenters. The van der Waals surface area contributed by atoms with E-state index in [9.17, 15) is 27.3 Å². The SMILES string of the molecule is CN(CC(=O)P(C)(C)=O)CN(O)C(=O)C(F)(F)F. The summed E-state index contributed by atoms with van der Waals surface area (Å²) in [4.78, 5) is 22.8. The highest BCUT2D eigenvalue weighted by atomic mass is 31.2. The van der Waals surface area contributed by atoms with Gasteiger partial charge in [-0.2, -0.15) is 13.2 Å². The van der Waals surface area contributed by atoms with Crippen molar-refractivity contribution in [2.75, 3.05) is 33.6 Å². The number of carbonyl (C=O) groups is 2. The van der Waals surface area contributed by atoms with Crippen molar-refractivity contribution in [1.82, 2.24) is 9.96 Å². The minimum atomic E-state index is -5.19. The smallest absolute Gasteiger partial charge is 0.316 e. The Morgan fingerprint density at radius 1 is 1.28 bits per heavy atom. The number of alkyl halides is 3. The molecule has 0 aliphatic rings. The van der Waals surface area contributed by atoms with Gasteiger partial charge in [0.1, 0.15) is 13.8 Å². The lowest BCUT2D eigenvalue weighted by molar-refractivity contribution is -0.221. The van der Waals surface area contributed by atoms with Crippen molar-refractivity contribution in [1.29, 1.82) is 0 Å². The molecule has 0 atom stereocenters. The van der Waals surface area contributed by atoms with Crippen molar-refractivity contribution >= 4 is 18.6 Å². The average Bonchev–Trinajstić information content (AvgIpc) is 2.12. The van der Waals surface area contributed by atoms with Gasteiger partial charge in [0.05, 0.1) is 6.54 Å². The van der Waals surface area contributed by atoms with E-state index in [1.165, 1.54) is 20.4 Å². The van der Waals surface area contributed by atoms with Crippen LogP contribution < -0.4 is 0 Å². The Labute approximate surface area is 102 Å². The first kappa shape index (κ1) is 17.1. The first-order valence-corrected chi connectivity index (χ1v) is 7.30. The molecule has 0 heterocycles. The van der Waals surface area contributed by atoms with E-state index in [2.05, 4.69) is 0 Å². The maximum absolute atomic E-state index is 11.9. The van der Waals surface area contributed by atoms with Gasteiger partial charge in [0.25, 0.3) is 0 Å². The van der Waals surface area contributed by atoms with Crippen LogP contribution >= 0.6 is 7.14 Å². The Hall–Kier alpha value is -0.920. The molecule has 0 aromatic heterocycles. The molecule has 0 bridgehead atoms. The fourth-order valence-corrected chi connectivity index (χ4v) is 1.47. The molecule has 0 aliphatic heterocycles. The number of hydroxylamine groups is 2. The quantitative estimate of drug-likeness (QED) is 0.351. The van der Waals surface area contributed by atoms with Gasteiger partial charge in [-0.05, 0) is 20.4 Å². The van der Waals surface area contributed by atoms with Crippen molar-refractivity contribution in [3.05, 3.63) is 0 Å². The number of halogens is 3. The topological polar surface area (TPSA) is 77.9 Å². The molecule has 0 radical (unpaired) electrons. The van der Waals surface area contributed by atoms with E-state index in [-0.39, 0.29) is 0 Å². The van der Waals surface area contributed by atoms with E-state index < -0.39 is 43.0 Å². The molecule has 0 rings (SSSR count). The zero-order valence-electron chi connectivity index (χ0n) is 10.1. The van der Waals surface area contributed by atoms with Crippen molar-refractivity contribution in [2.24, 2.45) is 0 Å². The second-order valence-corrected chi connectivity index (χ2v) is 7.30. The molecular weight excluding hydrogens is 276 g/mol. The molecule has 0 saturated carbocycles. The Kier molecular flexibility index (Phi) is 5.52. The minimum Gasteiger partial charge on any atom is -0.316 e. The predicted molar refractivity (Wildman–Crippen MR) is 56.6 cm³/mol. The highest BCUT2D eigenvalue weighted by Crippen LogP contribution is 2.36. The van der Waals surface area contributed by atoms with Crippen molar-refractivity contribution < 1.29 is 32.5 Å². The molecule has 0 aliphatic carbocycles. The summed E-state index contributed by atoms with van der Waals surface area (Å²) in [6.07, 6.45) is -5.19. The third-order valence-corrected chi connectivity index (χ3v) is 3.20. The Balaban J connectivity index is 4.43. The van der Waals surface area contributed by atoms with Crippen LogP contribution in [-0.4, -0.2) is 66.4 Å². The number of hydrogen-bond donors (Lipinski definition) is 1. The first-order chi connectivity index (χ1) is 7.85. The van der Waals surface area contributed by atoms with Crippen LogP contribution in [0.15, 0.2) is 0 Å². The Bertz CT molecular complexity index is 379. The lowest BCUT2D eigenvalue weighted by Crippen LogP contribution is -2.45. The summed E-state index contributed by atoms with van der Waals surface area (Å²) in [5.41, 5.74) is -0.655. The maximum atomic E-state index is 11.9. The molecule has 1 amide bonds. The van der Waals surface area contributed by atoms with E-state index in [1.54, 1.807) is 0 Å². The molecule has 1 N–H and O–H groups in total. The third kappa shape index (κ3) is 5.61. The van der Waals surface area contributed by atoms with Crippen LogP contribution in [0.4, 0.5) is 13.2 Å². The first-order valence-electron chi connectivity index (χ1n) is 4.70. The van der Waals surface area contributed by atoms with E-state index in [0.717, 1.165) is 4.90 Å². The van der Waals surface area contributed by atoms with Crippen molar-refractivity contribution in [3.8, 4) is 0 Å².